The summed E-state index contributed by atoms with van der Waals surface area (Å²) in [5.74, 6) is 0.728. The van der Waals surface area contributed by atoms with Crippen LogP contribution in [0.2, 0.25) is 0 Å². The molecule has 1 fully saturated rings. The van der Waals surface area contributed by atoms with Gasteiger partial charge in [-0.3, -0.25) is 4.90 Å². The van der Waals surface area contributed by atoms with Crippen LogP contribution in [-0.2, 0) is 4.74 Å². The number of alkyl halides is 1. The second-order valence-corrected chi connectivity index (χ2v) is 5.65. The molecule has 0 aromatic carbocycles. The summed E-state index contributed by atoms with van der Waals surface area (Å²) >= 11 is 5.81. The summed E-state index contributed by atoms with van der Waals surface area (Å²) in [5.41, 5.74) is -0.0216. The minimum absolute atomic E-state index is 0.0216. The van der Waals surface area contributed by atoms with Crippen molar-refractivity contribution in [1.29, 1.82) is 0 Å². The van der Waals surface area contributed by atoms with Crippen LogP contribution in [0.15, 0.2) is 0 Å². The van der Waals surface area contributed by atoms with Gasteiger partial charge < -0.3 is 4.74 Å². The third-order valence-electron chi connectivity index (χ3n) is 2.88. The van der Waals surface area contributed by atoms with E-state index in [1.54, 1.807) is 0 Å². The van der Waals surface area contributed by atoms with Gasteiger partial charge in [0.2, 0.25) is 0 Å². The maximum absolute atomic E-state index is 5.81. The highest BCUT2D eigenvalue weighted by atomic mass is 35.5. The number of hydrogen-bond donors (Lipinski definition) is 0. The summed E-state index contributed by atoms with van der Waals surface area (Å²) in [6, 6.07) is 0.771. The van der Waals surface area contributed by atoms with Crippen molar-refractivity contribution in [2.75, 3.05) is 25.6 Å². The molecule has 0 radical (unpaired) electrons. The predicted molar refractivity (Wildman–Crippen MR) is 65.6 cm³/mol. The third-order valence-corrected chi connectivity index (χ3v) is 3.05. The number of halogens is 1. The Kier molecular flexibility index (Phi) is 5.37. The highest BCUT2D eigenvalue weighted by molar-refractivity contribution is 6.18. The van der Waals surface area contributed by atoms with Crippen molar-refractivity contribution in [3.05, 3.63) is 0 Å². The van der Waals surface area contributed by atoms with Crippen molar-refractivity contribution in [3.8, 4) is 0 Å². The van der Waals surface area contributed by atoms with Crippen LogP contribution in [0, 0.1) is 0 Å². The standard InChI is InChI=1S/C12H24ClNO/c1-12(2,3)15-10-9-14(8-7-13)11-5-4-6-11/h11H,4-10H2,1-3H3. The van der Waals surface area contributed by atoms with Gasteiger partial charge >= 0.3 is 0 Å². The Hall–Kier alpha value is 0.210. The Labute approximate surface area is 98.9 Å². The van der Waals surface area contributed by atoms with Crippen LogP contribution in [0.5, 0.6) is 0 Å². The molecule has 1 rings (SSSR count). The first-order valence-corrected chi connectivity index (χ1v) is 6.50. The SMILES string of the molecule is CC(C)(C)OCCN(CCCl)C1CCC1. The van der Waals surface area contributed by atoms with E-state index in [0.717, 1.165) is 31.6 Å². The lowest BCUT2D eigenvalue weighted by atomic mass is 9.91. The molecule has 0 spiro atoms. The Morgan fingerprint density at radius 3 is 2.33 bits per heavy atom. The second kappa shape index (κ2) is 6.07. The smallest absolute Gasteiger partial charge is 0.0600 e. The van der Waals surface area contributed by atoms with Gasteiger partial charge in [0.15, 0.2) is 0 Å². The number of ether oxygens (including phenoxy) is 1. The minimum Gasteiger partial charge on any atom is -0.375 e. The van der Waals surface area contributed by atoms with Gasteiger partial charge in [-0.25, -0.2) is 0 Å². The summed E-state index contributed by atoms with van der Waals surface area (Å²) in [6.07, 6.45) is 4.06. The van der Waals surface area contributed by atoms with Gasteiger partial charge in [-0.2, -0.15) is 0 Å². The van der Waals surface area contributed by atoms with Gasteiger partial charge in [0, 0.05) is 25.0 Å². The van der Waals surface area contributed by atoms with Crippen molar-refractivity contribution >= 4 is 11.6 Å². The summed E-state index contributed by atoms with van der Waals surface area (Å²) in [5, 5.41) is 0. The van der Waals surface area contributed by atoms with Gasteiger partial charge in [-0.15, -0.1) is 11.6 Å². The Morgan fingerprint density at radius 1 is 1.27 bits per heavy atom. The lowest BCUT2D eigenvalue weighted by Crippen LogP contribution is -2.43. The number of rotatable bonds is 6. The first-order valence-electron chi connectivity index (χ1n) is 5.97. The summed E-state index contributed by atoms with van der Waals surface area (Å²) < 4.78 is 5.74. The zero-order valence-electron chi connectivity index (χ0n) is 10.3. The molecule has 0 bridgehead atoms. The maximum atomic E-state index is 5.81. The van der Waals surface area contributed by atoms with E-state index in [9.17, 15) is 0 Å². The van der Waals surface area contributed by atoms with E-state index in [4.69, 9.17) is 16.3 Å². The highest BCUT2D eigenvalue weighted by Crippen LogP contribution is 2.24. The minimum atomic E-state index is -0.0216. The summed E-state index contributed by atoms with van der Waals surface area (Å²) in [4.78, 5) is 2.47. The van der Waals surface area contributed by atoms with Crippen molar-refractivity contribution in [2.45, 2.75) is 51.7 Å². The molecule has 1 saturated carbocycles. The molecule has 1 aliphatic rings. The molecule has 0 atom stereocenters. The quantitative estimate of drug-likeness (QED) is 0.655. The molecule has 90 valence electrons. The molecule has 0 amide bonds. The lowest BCUT2D eigenvalue weighted by molar-refractivity contribution is -0.0215. The average molecular weight is 234 g/mol. The fraction of sp³-hybridized carbons (Fsp3) is 1.00. The highest BCUT2D eigenvalue weighted by Gasteiger charge is 2.24. The van der Waals surface area contributed by atoms with E-state index >= 15 is 0 Å². The Balaban J connectivity index is 2.19. The molecular formula is C12H24ClNO. The zero-order chi connectivity index (χ0) is 11.3. The van der Waals surface area contributed by atoms with E-state index in [2.05, 4.69) is 25.7 Å². The summed E-state index contributed by atoms with van der Waals surface area (Å²) in [7, 11) is 0. The van der Waals surface area contributed by atoms with Gasteiger partial charge in [-0.05, 0) is 33.6 Å². The zero-order valence-corrected chi connectivity index (χ0v) is 11.0. The molecule has 0 aliphatic heterocycles. The van der Waals surface area contributed by atoms with E-state index in [1.807, 2.05) is 0 Å². The Morgan fingerprint density at radius 2 is 1.93 bits per heavy atom. The van der Waals surface area contributed by atoms with Gasteiger partial charge in [0.1, 0.15) is 0 Å². The maximum Gasteiger partial charge on any atom is 0.0600 e. The van der Waals surface area contributed by atoms with Crippen molar-refractivity contribution in [2.24, 2.45) is 0 Å². The fourth-order valence-corrected chi connectivity index (χ4v) is 2.02. The van der Waals surface area contributed by atoms with Gasteiger partial charge in [0.25, 0.3) is 0 Å². The van der Waals surface area contributed by atoms with E-state index in [1.165, 1.54) is 19.3 Å². The summed E-state index contributed by atoms with van der Waals surface area (Å²) in [6.45, 7) is 9.14. The molecule has 2 nitrogen and oxygen atoms in total. The predicted octanol–water partition coefficient (Wildman–Crippen LogP) is 2.89. The molecule has 0 aromatic rings. The number of nitrogens with zero attached hydrogens (tertiary/aromatic N) is 1. The van der Waals surface area contributed by atoms with Crippen LogP contribution < -0.4 is 0 Å². The Bertz CT molecular complexity index is 175. The van der Waals surface area contributed by atoms with Crippen LogP contribution in [-0.4, -0.2) is 42.1 Å². The van der Waals surface area contributed by atoms with Crippen LogP contribution in [0.1, 0.15) is 40.0 Å². The molecule has 1 aliphatic carbocycles. The van der Waals surface area contributed by atoms with Crippen LogP contribution in [0.4, 0.5) is 0 Å². The van der Waals surface area contributed by atoms with Crippen molar-refractivity contribution in [1.82, 2.24) is 4.90 Å². The average Bonchev–Trinajstić information content (AvgIpc) is 1.98. The lowest BCUT2D eigenvalue weighted by Gasteiger charge is -2.37. The monoisotopic (exact) mass is 233 g/mol. The molecule has 0 saturated heterocycles. The first-order chi connectivity index (χ1) is 7.03. The number of hydrogen-bond acceptors (Lipinski definition) is 2. The van der Waals surface area contributed by atoms with Crippen molar-refractivity contribution in [3.63, 3.8) is 0 Å². The van der Waals surface area contributed by atoms with Crippen LogP contribution in [0.25, 0.3) is 0 Å². The van der Waals surface area contributed by atoms with E-state index in [0.29, 0.717) is 0 Å². The molecule has 0 N–H and O–H groups in total. The van der Waals surface area contributed by atoms with E-state index in [-0.39, 0.29) is 5.60 Å². The second-order valence-electron chi connectivity index (χ2n) is 5.27. The first kappa shape index (κ1) is 13.3. The third kappa shape index (κ3) is 5.19. The van der Waals surface area contributed by atoms with Gasteiger partial charge in [0.05, 0.1) is 12.2 Å². The molecule has 0 unspecified atom stereocenters. The van der Waals surface area contributed by atoms with Crippen LogP contribution in [0.3, 0.4) is 0 Å². The topological polar surface area (TPSA) is 12.5 Å². The molecule has 15 heavy (non-hydrogen) atoms. The van der Waals surface area contributed by atoms with Crippen LogP contribution >= 0.6 is 11.6 Å². The van der Waals surface area contributed by atoms with Crippen molar-refractivity contribution < 1.29 is 4.74 Å². The van der Waals surface area contributed by atoms with Gasteiger partial charge in [-0.1, -0.05) is 6.42 Å². The molecule has 3 heteroatoms. The molecule has 0 heterocycles. The normalized spacial score (nSPS) is 18.2. The fourth-order valence-electron chi connectivity index (χ4n) is 1.81. The van der Waals surface area contributed by atoms with E-state index < -0.39 is 0 Å². The molecular weight excluding hydrogens is 210 g/mol. The largest absolute Gasteiger partial charge is 0.375 e. The molecule has 0 aromatic heterocycles.